The molecule has 31 heavy (non-hydrogen) atoms. The van der Waals surface area contributed by atoms with Gasteiger partial charge in [0, 0.05) is 30.1 Å². The van der Waals surface area contributed by atoms with E-state index in [9.17, 15) is 9.59 Å². The first kappa shape index (κ1) is 19.5. The van der Waals surface area contributed by atoms with E-state index in [0.29, 0.717) is 24.4 Å². The monoisotopic (exact) mass is 412 g/mol. The Morgan fingerprint density at radius 2 is 1.71 bits per heavy atom. The molecular formula is C26H24N2O3. The molecule has 2 heterocycles. The highest BCUT2D eigenvalue weighted by molar-refractivity contribution is 6.05. The number of hydrogen-bond donors (Lipinski definition) is 1. The van der Waals surface area contributed by atoms with Crippen LogP contribution in [0.1, 0.15) is 28.8 Å². The van der Waals surface area contributed by atoms with Crippen molar-refractivity contribution >= 4 is 23.2 Å². The van der Waals surface area contributed by atoms with Gasteiger partial charge >= 0.3 is 0 Å². The van der Waals surface area contributed by atoms with Gasteiger partial charge in [0.25, 0.3) is 11.8 Å². The van der Waals surface area contributed by atoms with Crippen molar-refractivity contribution in [1.82, 2.24) is 0 Å². The minimum absolute atomic E-state index is 0.0243. The van der Waals surface area contributed by atoms with Crippen molar-refractivity contribution in [3.8, 4) is 11.1 Å². The Morgan fingerprint density at radius 1 is 0.935 bits per heavy atom. The topological polar surface area (TPSA) is 58.6 Å². The van der Waals surface area contributed by atoms with Crippen molar-refractivity contribution in [2.45, 2.75) is 25.4 Å². The highest BCUT2D eigenvalue weighted by atomic mass is 16.5. The van der Waals surface area contributed by atoms with Crippen LogP contribution < -0.4 is 10.2 Å². The molecule has 1 fully saturated rings. The first-order valence-corrected chi connectivity index (χ1v) is 10.7. The molecule has 0 aromatic heterocycles. The molecule has 1 atom stereocenters. The Kier molecular flexibility index (Phi) is 5.26. The first-order chi connectivity index (χ1) is 15.2. The van der Waals surface area contributed by atoms with Crippen LogP contribution in [0.4, 0.5) is 11.4 Å². The summed E-state index contributed by atoms with van der Waals surface area (Å²) >= 11 is 0. The Morgan fingerprint density at radius 3 is 2.45 bits per heavy atom. The Balaban J connectivity index is 1.31. The van der Waals surface area contributed by atoms with Crippen LogP contribution in [0.25, 0.3) is 11.1 Å². The summed E-state index contributed by atoms with van der Waals surface area (Å²) in [5, 5.41) is 2.97. The summed E-state index contributed by atoms with van der Waals surface area (Å²) in [6.07, 6.45) is 2.19. The summed E-state index contributed by atoms with van der Waals surface area (Å²) in [4.78, 5) is 27.4. The molecule has 5 rings (SSSR count). The second-order valence-corrected chi connectivity index (χ2v) is 7.98. The van der Waals surface area contributed by atoms with Crippen LogP contribution in [-0.2, 0) is 16.0 Å². The van der Waals surface area contributed by atoms with E-state index >= 15 is 0 Å². The average molecular weight is 412 g/mol. The molecule has 5 nitrogen and oxygen atoms in total. The standard InChI is InChI=1S/C26H24N2O3/c29-25(21-10-8-19(9-11-21)18-5-2-1-3-6-18)27-22-13-12-20-14-15-28(23(20)17-22)26(30)24-7-4-16-31-24/h1-3,5-6,8-13,17,24H,4,7,14-16H2,(H,27,29). The van der Waals surface area contributed by atoms with Gasteiger partial charge in [0.1, 0.15) is 6.10 Å². The van der Waals surface area contributed by atoms with Crippen LogP contribution in [0.15, 0.2) is 72.8 Å². The van der Waals surface area contributed by atoms with E-state index < -0.39 is 0 Å². The van der Waals surface area contributed by atoms with Gasteiger partial charge in [0.15, 0.2) is 0 Å². The van der Waals surface area contributed by atoms with Crippen molar-refractivity contribution in [1.29, 1.82) is 0 Å². The molecule has 3 aromatic carbocycles. The number of carbonyl (C=O) groups excluding carboxylic acids is 2. The zero-order valence-electron chi connectivity index (χ0n) is 17.2. The minimum atomic E-state index is -0.340. The van der Waals surface area contributed by atoms with Crippen molar-refractivity contribution in [2.75, 3.05) is 23.4 Å². The third kappa shape index (κ3) is 3.97. The van der Waals surface area contributed by atoms with E-state index in [4.69, 9.17) is 4.74 Å². The van der Waals surface area contributed by atoms with Gasteiger partial charge in [-0.2, -0.15) is 0 Å². The Labute approximate surface area is 181 Å². The molecule has 2 aliphatic heterocycles. The predicted octanol–water partition coefficient (Wildman–Crippen LogP) is 4.67. The van der Waals surface area contributed by atoms with Crippen LogP contribution in [0, 0.1) is 0 Å². The zero-order chi connectivity index (χ0) is 21.2. The fourth-order valence-corrected chi connectivity index (χ4v) is 4.28. The SMILES string of the molecule is O=C(Nc1ccc2c(c1)N(C(=O)C1CCCO1)CC2)c1ccc(-c2ccccc2)cc1. The van der Waals surface area contributed by atoms with Gasteiger partial charge in [-0.1, -0.05) is 48.5 Å². The van der Waals surface area contributed by atoms with E-state index in [1.54, 1.807) is 4.90 Å². The molecule has 2 aliphatic rings. The number of rotatable bonds is 4. The zero-order valence-corrected chi connectivity index (χ0v) is 17.2. The average Bonchev–Trinajstić information content (AvgIpc) is 3.49. The van der Waals surface area contributed by atoms with Crippen LogP contribution in [-0.4, -0.2) is 31.1 Å². The van der Waals surface area contributed by atoms with Gasteiger partial charge < -0.3 is 15.0 Å². The fourth-order valence-electron chi connectivity index (χ4n) is 4.28. The molecule has 0 bridgehead atoms. The van der Waals surface area contributed by atoms with E-state index in [1.165, 1.54) is 0 Å². The maximum atomic E-state index is 12.8. The van der Waals surface area contributed by atoms with Gasteiger partial charge in [-0.05, 0) is 60.2 Å². The molecule has 3 aromatic rings. The summed E-state index contributed by atoms with van der Waals surface area (Å²) in [5.41, 5.74) is 5.45. The van der Waals surface area contributed by atoms with Gasteiger partial charge in [-0.3, -0.25) is 9.59 Å². The summed E-state index contributed by atoms with van der Waals surface area (Å²) in [5.74, 6) is -0.147. The summed E-state index contributed by atoms with van der Waals surface area (Å²) < 4.78 is 5.58. The smallest absolute Gasteiger partial charge is 0.256 e. The van der Waals surface area contributed by atoms with Crippen LogP contribution in [0.5, 0.6) is 0 Å². The Hall–Kier alpha value is -3.44. The molecule has 156 valence electrons. The van der Waals surface area contributed by atoms with Crippen LogP contribution >= 0.6 is 0 Å². The number of anilines is 2. The molecule has 0 spiro atoms. The number of benzene rings is 3. The largest absolute Gasteiger partial charge is 0.368 e. The number of nitrogens with zero attached hydrogens (tertiary/aromatic N) is 1. The highest BCUT2D eigenvalue weighted by Gasteiger charge is 2.32. The number of fused-ring (bicyclic) bond motifs is 1. The van der Waals surface area contributed by atoms with Gasteiger partial charge in [-0.15, -0.1) is 0 Å². The van der Waals surface area contributed by atoms with Crippen molar-refractivity contribution in [3.05, 3.63) is 83.9 Å². The van der Waals surface area contributed by atoms with E-state index in [-0.39, 0.29) is 17.9 Å². The first-order valence-electron chi connectivity index (χ1n) is 10.7. The Bertz CT molecular complexity index is 1100. The second kappa shape index (κ2) is 8.36. The lowest BCUT2D eigenvalue weighted by molar-refractivity contribution is -0.127. The molecule has 1 saturated heterocycles. The van der Waals surface area contributed by atoms with E-state index in [2.05, 4.69) is 5.32 Å². The van der Waals surface area contributed by atoms with Crippen LogP contribution in [0.2, 0.25) is 0 Å². The van der Waals surface area contributed by atoms with Crippen LogP contribution in [0.3, 0.4) is 0 Å². The molecule has 1 N–H and O–H groups in total. The third-order valence-electron chi connectivity index (χ3n) is 5.96. The van der Waals surface area contributed by atoms with Crippen molar-refractivity contribution < 1.29 is 14.3 Å². The summed E-state index contributed by atoms with van der Waals surface area (Å²) in [7, 11) is 0. The highest BCUT2D eigenvalue weighted by Crippen LogP contribution is 2.33. The van der Waals surface area contributed by atoms with Gasteiger partial charge in [0.05, 0.1) is 0 Å². The number of carbonyl (C=O) groups is 2. The number of amides is 2. The maximum Gasteiger partial charge on any atom is 0.256 e. The minimum Gasteiger partial charge on any atom is -0.368 e. The number of ether oxygens (including phenoxy) is 1. The van der Waals surface area contributed by atoms with E-state index in [1.807, 2.05) is 72.8 Å². The summed E-state index contributed by atoms with van der Waals surface area (Å²) in [6, 6.07) is 23.4. The van der Waals surface area contributed by atoms with Gasteiger partial charge in [-0.25, -0.2) is 0 Å². The van der Waals surface area contributed by atoms with Crippen molar-refractivity contribution in [3.63, 3.8) is 0 Å². The number of hydrogen-bond acceptors (Lipinski definition) is 3. The predicted molar refractivity (Wildman–Crippen MR) is 121 cm³/mol. The van der Waals surface area contributed by atoms with E-state index in [0.717, 1.165) is 41.6 Å². The number of nitrogens with one attached hydrogen (secondary N) is 1. The molecule has 0 saturated carbocycles. The second-order valence-electron chi connectivity index (χ2n) is 7.98. The molecule has 5 heteroatoms. The molecule has 0 radical (unpaired) electrons. The fraction of sp³-hybridized carbons (Fsp3) is 0.231. The quantitative estimate of drug-likeness (QED) is 0.677. The lowest BCUT2D eigenvalue weighted by atomic mass is 10.0. The molecular weight excluding hydrogens is 388 g/mol. The lowest BCUT2D eigenvalue weighted by Gasteiger charge is -2.21. The molecule has 0 aliphatic carbocycles. The maximum absolute atomic E-state index is 12.8. The van der Waals surface area contributed by atoms with Crippen molar-refractivity contribution in [2.24, 2.45) is 0 Å². The molecule has 1 unspecified atom stereocenters. The normalized spacial score (nSPS) is 17.4. The third-order valence-corrected chi connectivity index (χ3v) is 5.96. The van der Waals surface area contributed by atoms with Gasteiger partial charge in [0.2, 0.25) is 0 Å². The molecule has 2 amide bonds. The lowest BCUT2D eigenvalue weighted by Crippen LogP contribution is -2.37. The summed E-state index contributed by atoms with van der Waals surface area (Å²) in [6.45, 7) is 1.31.